The average molecular weight is 578 g/mol. The van der Waals surface area contributed by atoms with E-state index in [2.05, 4.69) is 41.1 Å². The topological polar surface area (TPSA) is 104 Å². The Labute approximate surface area is 249 Å². The number of hydrazone groups is 1. The molecule has 0 unspecified atom stereocenters. The molecule has 3 aromatic carbocycles. The maximum Gasteiger partial charge on any atom is 0.343 e. The van der Waals surface area contributed by atoms with Gasteiger partial charge in [0.2, 0.25) is 0 Å². The Hall–Kier alpha value is -5.57. The third-order valence-electron chi connectivity index (χ3n) is 6.66. The second-order valence-corrected chi connectivity index (χ2v) is 9.87. The van der Waals surface area contributed by atoms with Crippen molar-refractivity contribution in [1.29, 1.82) is 0 Å². The van der Waals surface area contributed by atoms with Gasteiger partial charge in [-0.25, -0.2) is 10.2 Å². The predicted molar refractivity (Wildman–Crippen MR) is 162 cm³/mol. The molecule has 9 heteroatoms. The van der Waals surface area contributed by atoms with Crippen molar-refractivity contribution in [1.82, 2.24) is 9.99 Å². The first-order valence-electron chi connectivity index (χ1n) is 13.6. The van der Waals surface area contributed by atoms with E-state index in [0.29, 0.717) is 28.4 Å². The number of hydrogen-bond acceptors (Lipinski definition) is 7. The molecule has 0 spiro atoms. The van der Waals surface area contributed by atoms with Gasteiger partial charge in [-0.3, -0.25) is 4.79 Å². The zero-order valence-electron chi connectivity index (χ0n) is 24.3. The minimum Gasteiger partial charge on any atom is -0.493 e. The molecule has 0 saturated carbocycles. The van der Waals surface area contributed by atoms with E-state index >= 15 is 0 Å². The second-order valence-electron chi connectivity index (χ2n) is 9.87. The molecular formula is C34H31N3O6. The summed E-state index contributed by atoms with van der Waals surface area (Å²) in [5.41, 5.74) is 7.83. The quantitative estimate of drug-likeness (QED) is 0.0872. The molecule has 9 nitrogen and oxygen atoms in total. The maximum absolute atomic E-state index is 12.5. The molecule has 0 fully saturated rings. The van der Waals surface area contributed by atoms with E-state index in [4.69, 9.17) is 18.6 Å². The lowest BCUT2D eigenvalue weighted by Crippen LogP contribution is -2.16. The number of rotatable bonds is 10. The summed E-state index contributed by atoms with van der Waals surface area (Å²) < 4.78 is 24.5. The summed E-state index contributed by atoms with van der Waals surface area (Å²) in [4.78, 5) is 25.1. The SMILES string of the molecule is COc1cc(/C=N/NC(=O)c2ccc(COc3ccc(-n4c(C)ccc4C)cc3)o2)ccc1OC(=O)c1cccc(C)c1. The summed E-state index contributed by atoms with van der Waals surface area (Å²) in [6.07, 6.45) is 1.44. The van der Waals surface area contributed by atoms with Gasteiger partial charge in [0.25, 0.3) is 0 Å². The Morgan fingerprint density at radius 3 is 2.37 bits per heavy atom. The van der Waals surface area contributed by atoms with Crippen molar-refractivity contribution in [2.24, 2.45) is 5.10 Å². The standard InChI is InChI=1S/C34H31N3O6/c1-22-6-5-7-26(18-22)34(39)43-30-16-10-25(19-32(30)40-4)20-35-36-33(38)31-17-15-29(42-31)21-41-28-13-11-27(12-14-28)37-23(2)8-9-24(37)3/h5-20H,21H2,1-4H3,(H,36,38)/b35-20+. The fourth-order valence-corrected chi connectivity index (χ4v) is 4.50. The number of ether oxygens (including phenoxy) is 3. The van der Waals surface area contributed by atoms with Crippen LogP contribution >= 0.6 is 0 Å². The number of nitrogens with one attached hydrogen (secondary N) is 1. The highest BCUT2D eigenvalue weighted by molar-refractivity contribution is 5.93. The van der Waals surface area contributed by atoms with Crippen molar-refractivity contribution >= 4 is 18.1 Å². The predicted octanol–water partition coefficient (Wildman–Crippen LogP) is 6.57. The molecule has 2 aromatic heterocycles. The van der Waals surface area contributed by atoms with E-state index in [1.807, 2.05) is 37.3 Å². The van der Waals surface area contributed by atoms with Gasteiger partial charge in [-0.1, -0.05) is 17.7 Å². The lowest BCUT2D eigenvalue weighted by Gasteiger charge is -2.10. The summed E-state index contributed by atoms with van der Waals surface area (Å²) in [6.45, 7) is 6.20. The Kier molecular flexibility index (Phi) is 8.71. The van der Waals surface area contributed by atoms with E-state index in [1.54, 1.807) is 48.5 Å². The van der Waals surface area contributed by atoms with E-state index in [1.165, 1.54) is 13.3 Å². The molecular weight excluding hydrogens is 546 g/mol. The van der Waals surface area contributed by atoms with Crippen LogP contribution in [-0.2, 0) is 6.61 Å². The lowest BCUT2D eigenvalue weighted by molar-refractivity contribution is 0.0729. The van der Waals surface area contributed by atoms with Gasteiger partial charge in [0.1, 0.15) is 18.1 Å². The summed E-state index contributed by atoms with van der Waals surface area (Å²) in [5, 5.41) is 4.00. The normalized spacial score (nSPS) is 11.0. The van der Waals surface area contributed by atoms with Crippen molar-refractivity contribution in [2.75, 3.05) is 7.11 Å². The van der Waals surface area contributed by atoms with Gasteiger partial charge >= 0.3 is 11.9 Å². The fourth-order valence-electron chi connectivity index (χ4n) is 4.50. The van der Waals surface area contributed by atoms with Crippen LogP contribution in [0.2, 0.25) is 0 Å². The zero-order valence-corrected chi connectivity index (χ0v) is 24.3. The van der Waals surface area contributed by atoms with E-state index in [-0.39, 0.29) is 18.1 Å². The maximum atomic E-state index is 12.5. The zero-order chi connectivity index (χ0) is 30.3. The largest absolute Gasteiger partial charge is 0.493 e. The average Bonchev–Trinajstić information content (AvgIpc) is 3.63. The summed E-state index contributed by atoms with van der Waals surface area (Å²) in [7, 11) is 1.47. The number of aryl methyl sites for hydroxylation is 3. The lowest BCUT2D eigenvalue weighted by atomic mass is 10.1. The van der Waals surface area contributed by atoms with E-state index in [9.17, 15) is 9.59 Å². The van der Waals surface area contributed by atoms with Crippen LogP contribution in [-0.4, -0.2) is 29.8 Å². The molecule has 2 heterocycles. The number of benzene rings is 3. The van der Waals surface area contributed by atoms with Crippen molar-refractivity contribution in [3.8, 4) is 22.9 Å². The van der Waals surface area contributed by atoms with Gasteiger partial charge in [0.15, 0.2) is 17.3 Å². The molecule has 0 atom stereocenters. The smallest absolute Gasteiger partial charge is 0.343 e. The molecule has 0 aliphatic carbocycles. The summed E-state index contributed by atoms with van der Waals surface area (Å²) >= 11 is 0. The van der Waals surface area contributed by atoms with Crippen LogP contribution in [0.15, 0.2) is 101 Å². The monoisotopic (exact) mass is 577 g/mol. The van der Waals surface area contributed by atoms with Crippen LogP contribution in [0.3, 0.4) is 0 Å². The second kappa shape index (κ2) is 12.9. The van der Waals surface area contributed by atoms with Gasteiger partial charge in [0.05, 0.1) is 18.9 Å². The molecule has 1 amide bonds. The third kappa shape index (κ3) is 7.02. The number of methoxy groups -OCH3 is 1. The molecule has 43 heavy (non-hydrogen) atoms. The van der Waals surface area contributed by atoms with Gasteiger partial charge in [0, 0.05) is 17.1 Å². The first-order valence-corrected chi connectivity index (χ1v) is 13.6. The molecule has 0 aliphatic heterocycles. The first kappa shape index (κ1) is 28.9. The molecule has 218 valence electrons. The van der Waals surface area contributed by atoms with Crippen molar-refractivity contribution in [3.63, 3.8) is 0 Å². The van der Waals surface area contributed by atoms with Gasteiger partial charge in [-0.2, -0.15) is 5.10 Å². The number of carbonyl (C=O) groups excluding carboxylic acids is 2. The van der Waals surface area contributed by atoms with Gasteiger partial charge < -0.3 is 23.2 Å². The Bertz CT molecular complexity index is 1760. The van der Waals surface area contributed by atoms with Crippen LogP contribution in [0.4, 0.5) is 0 Å². The highest BCUT2D eigenvalue weighted by Crippen LogP contribution is 2.28. The highest BCUT2D eigenvalue weighted by atomic mass is 16.6. The van der Waals surface area contributed by atoms with E-state index < -0.39 is 11.9 Å². The number of esters is 1. The van der Waals surface area contributed by atoms with E-state index in [0.717, 1.165) is 22.6 Å². The summed E-state index contributed by atoms with van der Waals surface area (Å²) in [5.74, 6) is 0.884. The van der Waals surface area contributed by atoms with Crippen molar-refractivity contribution in [2.45, 2.75) is 27.4 Å². The van der Waals surface area contributed by atoms with Crippen LogP contribution in [0.1, 0.15) is 49.2 Å². The molecule has 0 bridgehead atoms. The molecule has 5 aromatic rings. The van der Waals surface area contributed by atoms with Crippen LogP contribution in [0.5, 0.6) is 17.2 Å². The molecule has 1 N–H and O–H groups in total. The highest BCUT2D eigenvalue weighted by Gasteiger charge is 2.14. The summed E-state index contributed by atoms with van der Waals surface area (Å²) in [6, 6.07) is 27.3. The Balaban J connectivity index is 1.14. The Morgan fingerprint density at radius 2 is 1.65 bits per heavy atom. The number of aromatic nitrogens is 1. The molecule has 0 saturated heterocycles. The molecule has 0 radical (unpaired) electrons. The fraction of sp³-hybridized carbons (Fsp3) is 0.147. The minimum absolute atomic E-state index is 0.0978. The minimum atomic E-state index is -0.514. The van der Waals surface area contributed by atoms with Crippen LogP contribution in [0, 0.1) is 20.8 Å². The first-order chi connectivity index (χ1) is 20.8. The Morgan fingerprint density at radius 1 is 0.884 bits per heavy atom. The van der Waals surface area contributed by atoms with Gasteiger partial charge in [-0.05, 0) is 105 Å². The number of amides is 1. The molecule has 0 aliphatic rings. The number of carbonyl (C=O) groups is 2. The van der Waals surface area contributed by atoms with Gasteiger partial charge in [-0.15, -0.1) is 0 Å². The third-order valence-corrected chi connectivity index (χ3v) is 6.66. The number of hydrogen-bond donors (Lipinski definition) is 1. The van der Waals surface area contributed by atoms with Crippen LogP contribution in [0.25, 0.3) is 5.69 Å². The van der Waals surface area contributed by atoms with Crippen molar-refractivity contribution in [3.05, 3.63) is 131 Å². The molecule has 5 rings (SSSR count). The van der Waals surface area contributed by atoms with Crippen LogP contribution < -0.4 is 19.6 Å². The number of furan rings is 1. The van der Waals surface area contributed by atoms with Crippen molar-refractivity contribution < 1.29 is 28.2 Å². The number of nitrogens with zero attached hydrogens (tertiary/aromatic N) is 2.